The molecule has 1 aliphatic heterocycles. The van der Waals surface area contributed by atoms with Crippen LogP contribution < -0.4 is 0 Å². The van der Waals surface area contributed by atoms with E-state index >= 15 is 0 Å². The van der Waals surface area contributed by atoms with Crippen LogP contribution in [0.2, 0.25) is 5.02 Å². The summed E-state index contributed by atoms with van der Waals surface area (Å²) in [4.78, 5) is 0. The number of rotatable bonds is 5. The van der Waals surface area contributed by atoms with Crippen LogP contribution >= 0.6 is 11.6 Å². The number of halogens is 1. The van der Waals surface area contributed by atoms with Gasteiger partial charge in [0.25, 0.3) is 0 Å². The third kappa shape index (κ3) is 4.49. The van der Waals surface area contributed by atoms with E-state index in [0.717, 1.165) is 64.4 Å². The molecule has 4 aromatic rings. The van der Waals surface area contributed by atoms with Crippen LogP contribution in [0.15, 0.2) is 103 Å². The molecule has 2 atom stereocenters. The minimum absolute atomic E-state index is 0.384. The highest BCUT2D eigenvalue weighted by Gasteiger charge is 2.41. The number of hydrogen-bond acceptors (Lipinski definition) is 1. The number of likely N-dealkylation sites (tertiary alicyclic amines) is 1. The molecule has 2 aliphatic rings. The van der Waals surface area contributed by atoms with Gasteiger partial charge in [-0.05, 0) is 39.8 Å². The van der Waals surface area contributed by atoms with E-state index in [1.165, 1.54) is 11.1 Å². The van der Waals surface area contributed by atoms with E-state index in [2.05, 4.69) is 66.4 Å². The Morgan fingerprint density at radius 1 is 0.784 bits per heavy atom. The maximum absolute atomic E-state index is 11.9. The van der Waals surface area contributed by atoms with E-state index in [1.807, 2.05) is 48.5 Å². The predicted octanol–water partition coefficient (Wildman–Crippen LogP) is 7.15. The van der Waals surface area contributed by atoms with Crippen LogP contribution in [0.25, 0.3) is 11.1 Å². The topological polar surface area (TPSA) is 20.2 Å². The van der Waals surface area contributed by atoms with Gasteiger partial charge in [0, 0.05) is 29.3 Å². The van der Waals surface area contributed by atoms with Crippen molar-refractivity contribution in [3.8, 4) is 23.0 Å². The van der Waals surface area contributed by atoms with Crippen molar-refractivity contribution < 1.29 is 9.59 Å². The summed E-state index contributed by atoms with van der Waals surface area (Å²) in [6, 6.07) is 35.3. The van der Waals surface area contributed by atoms with Crippen molar-refractivity contribution in [3.05, 3.63) is 130 Å². The fourth-order valence-corrected chi connectivity index (χ4v) is 6.51. The van der Waals surface area contributed by atoms with Gasteiger partial charge >= 0.3 is 0 Å². The molecule has 2 nitrogen and oxygen atoms in total. The van der Waals surface area contributed by atoms with Crippen molar-refractivity contribution in [2.75, 3.05) is 19.6 Å². The van der Waals surface area contributed by atoms with Gasteiger partial charge in [-0.2, -0.15) is 0 Å². The van der Waals surface area contributed by atoms with Crippen LogP contribution in [0.5, 0.6) is 0 Å². The zero-order valence-electron chi connectivity index (χ0n) is 20.9. The second-order valence-electron chi connectivity index (χ2n) is 10.5. The summed E-state index contributed by atoms with van der Waals surface area (Å²) in [6.45, 7) is 3.72. The summed E-state index contributed by atoms with van der Waals surface area (Å²) in [5, 5.41) is 12.7. The molecule has 1 fully saturated rings. The number of hydrogen-bond donors (Lipinski definition) is 1. The Hall–Kier alpha value is -3.35. The number of aliphatic hydroxyl groups is 1. The molecular formula is C34H31ClNO+. The molecule has 0 radical (unpaired) electrons. The first-order chi connectivity index (χ1) is 18.1. The van der Waals surface area contributed by atoms with Crippen LogP contribution in [0.4, 0.5) is 0 Å². The van der Waals surface area contributed by atoms with E-state index in [0.29, 0.717) is 12.3 Å². The number of fused-ring (bicyclic) bond motifs is 3. The first-order valence-corrected chi connectivity index (χ1v) is 13.5. The Balaban J connectivity index is 1.27. The maximum Gasteiger partial charge on any atom is 0.141 e. The standard InChI is InChI=1S/C34H31ClNO/c35-33-19-9-4-14-28(33)25-36(23-20-27(24-36)26-12-2-1-3-13-26)22-11-10-21-34(37)31-17-7-5-15-29(31)30-16-6-8-18-32(30)34/h1-9,12-19,27,37H,20-25H2/q+1/t27-,36+/m0/s1. The van der Waals surface area contributed by atoms with Crippen LogP contribution in [-0.2, 0) is 12.1 Å². The normalized spacial score (nSPS) is 21.1. The molecule has 0 saturated carbocycles. The maximum atomic E-state index is 11.9. The van der Waals surface area contributed by atoms with Gasteiger partial charge in [0.05, 0.1) is 13.1 Å². The van der Waals surface area contributed by atoms with Crippen LogP contribution in [0, 0.1) is 11.8 Å². The lowest BCUT2D eigenvalue weighted by Crippen LogP contribution is -2.45. The molecule has 184 valence electrons. The monoisotopic (exact) mass is 504 g/mol. The van der Waals surface area contributed by atoms with Gasteiger partial charge in [0.15, 0.2) is 0 Å². The molecule has 0 bridgehead atoms. The number of benzene rings is 4. The fraction of sp³-hybridized carbons (Fsp3) is 0.235. The highest BCUT2D eigenvalue weighted by Crippen LogP contribution is 2.48. The lowest BCUT2D eigenvalue weighted by atomic mass is 9.88. The Kier molecular flexibility index (Phi) is 6.39. The average molecular weight is 505 g/mol. The Morgan fingerprint density at radius 2 is 1.41 bits per heavy atom. The lowest BCUT2D eigenvalue weighted by molar-refractivity contribution is -0.923. The van der Waals surface area contributed by atoms with Gasteiger partial charge in [-0.25, -0.2) is 0 Å². The zero-order valence-corrected chi connectivity index (χ0v) is 21.7. The molecule has 6 rings (SSSR count). The molecule has 3 heteroatoms. The van der Waals surface area contributed by atoms with Gasteiger partial charge in [-0.1, -0.05) is 115 Å². The smallest absolute Gasteiger partial charge is 0.141 e. The first kappa shape index (κ1) is 24.0. The third-order valence-electron chi connectivity index (χ3n) is 8.21. The molecule has 0 aromatic heterocycles. The minimum Gasteiger partial charge on any atom is -0.379 e. The van der Waals surface area contributed by atoms with E-state index < -0.39 is 5.60 Å². The summed E-state index contributed by atoms with van der Waals surface area (Å²) < 4.78 is 0.891. The largest absolute Gasteiger partial charge is 0.379 e. The van der Waals surface area contributed by atoms with E-state index in [4.69, 9.17) is 11.6 Å². The summed E-state index contributed by atoms with van der Waals surface area (Å²) in [6.07, 6.45) is 1.52. The molecule has 0 amide bonds. The van der Waals surface area contributed by atoms with Crippen molar-refractivity contribution in [1.82, 2.24) is 0 Å². The predicted molar refractivity (Wildman–Crippen MR) is 151 cm³/mol. The number of quaternary nitrogens is 1. The van der Waals surface area contributed by atoms with Crippen LogP contribution in [-0.4, -0.2) is 29.2 Å². The summed E-state index contributed by atoms with van der Waals surface area (Å²) in [5.74, 6) is 7.44. The second-order valence-corrected chi connectivity index (χ2v) is 10.9. The van der Waals surface area contributed by atoms with Gasteiger partial charge in [-0.15, -0.1) is 0 Å². The van der Waals surface area contributed by atoms with Crippen molar-refractivity contribution >= 4 is 11.6 Å². The molecule has 37 heavy (non-hydrogen) atoms. The molecule has 1 heterocycles. The highest BCUT2D eigenvalue weighted by molar-refractivity contribution is 6.31. The van der Waals surface area contributed by atoms with Gasteiger partial charge in [0.2, 0.25) is 0 Å². The van der Waals surface area contributed by atoms with E-state index in [1.54, 1.807) is 0 Å². The Bertz CT molecular complexity index is 1440. The van der Waals surface area contributed by atoms with Gasteiger partial charge in [-0.3, -0.25) is 0 Å². The molecule has 1 N–H and O–H groups in total. The van der Waals surface area contributed by atoms with Crippen molar-refractivity contribution in [2.45, 2.75) is 30.9 Å². The minimum atomic E-state index is -1.08. The summed E-state index contributed by atoms with van der Waals surface area (Å²) in [7, 11) is 0. The van der Waals surface area contributed by atoms with E-state index in [9.17, 15) is 5.11 Å². The zero-order chi connectivity index (χ0) is 25.3. The molecule has 1 saturated heterocycles. The number of nitrogens with zero attached hydrogens (tertiary/aromatic N) is 1. The van der Waals surface area contributed by atoms with Crippen molar-refractivity contribution in [2.24, 2.45) is 0 Å². The molecule has 4 aromatic carbocycles. The van der Waals surface area contributed by atoms with E-state index in [-0.39, 0.29) is 0 Å². The molecule has 1 aliphatic carbocycles. The Labute approximate surface area is 224 Å². The summed E-state index contributed by atoms with van der Waals surface area (Å²) in [5.41, 5.74) is 5.63. The molecule has 0 spiro atoms. The van der Waals surface area contributed by atoms with Crippen LogP contribution in [0.3, 0.4) is 0 Å². The fourth-order valence-electron chi connectivity index (χ4n) is 6.31. The van der Waals surface area contributed by atoms with Crippen LogP contribution in [0.1, 0.15) is 41.0 Å². The molecular weight excluding hydrogens is 474 g/mol. The van der Waals surface area contributed by atoms with Gasteiger partial charge in [0.1, 0.15) is 18.7 Å². The second kappa shape index (κ2) is 9.84. The van der Waals surface area contributed by atoms with Gasteiger partial charge < -0.3 is 9.59 Å². The average Bonchev–Trinajstić information content (AvgIpc) is 3.47. The molecule has 0 unspecified atom stereocenters. The Morgan fingerprint density at radius 3 is 2.11 bits per heavy atom. The first-order valence-electron chi connectivity index (χ1n) is 13.1. The van der Waals surface area contributed by atoms with Crippen molar-refractivity contribution in [1.29, 1.82) is 0 Å². The quantitative estimate of drug-likeness (QED) is 0.226. The highest BCUT2D eigenvalue weighted by atomic mass is 35.5. The summed E-state index contributed by atoms with van der Waals surface area (Å²) >= 11 is 6.60. The lowest BCUT2D eigenvalue weighted by Gasteiger charge is -2.33. The van der Waals surface area contributed by atoms with Crippen molar-refractivity contribution in [3.63, 3.8) is 0 Å². The third-order valence-corrected chi connectivity index (χ3v) is 8.58. The SMILES string of the molecule is OC1(CC#CC[N@@+]2(Cc3ccccc3Cl)CC[C@H](c3ccccc3)C2)c2ccccc2-c2ccccc21.